The van der Waals surface area contributed by atoms with Crippen LogP contribution in [0.15, 0.2) is 24.8 Å². The Morgan fingerprint density at radius 2 is 2.38 bits per heavy atom. The fourth-order valence-electron chi connectivity index (χ4n) is 1.22. The number of hydrogen-bond donors (Lipinski definition) is 1. The van der Waals surface area contributed by atoms with E-state index in [-0.39, 0.29) is 0 Å². The SMILES string of the molecule is C=CC(NCCC)c1ccc(C)s1. The molecular formula is C11H17NS. The highest BCUT2D eigenvalue weighted by Crippen LogP contribution is 2.23. The Labute approximate surface area is 84.5 Å². The van der Waals surface area contributed by atoms with E-state index in [0.717, 1.165) is 13.0 Å². The van der Waals surface area contributed by atoms with E-state index in [1.807, 2.05) is 17.4 Å². The quantitative estimate of drug-likeness (QED) is 0.711. The molecule has 0 aliphatic rings. The maximum atomic E-state index is 3.84. The molecule has 0 aliphatic carbocycles. The third-order valence-electron chi connectivity index (χ3n) is 1.92. The highest BCUT2D eigenvalue weighted by Gasteiger charge is 2.07. The Bertz CT molecular complexity index is 265. The molecule has 0 amide bonds. The molecule has 72 valence electrons. The smallest absolute Gasteiger partial charge is 0.0598 e. The minimum atomic E-state index is 0.332. The lowest BCUT2D eigenvalue weighted by Crippen LogP contribution is -2.19. The lowest BCUT2D eigenvalue weighted by atomic mass is 10.2. The van der Waals surface area contributed by atoms with E-state index in [9.17, 15) is 0 Å². The molecule has 1 aromatic rings. The van der Waals surface area contributed by atoms with Crippen molar-refractivity contribution in [2.75, 3.05) is 6.54 Å². The molecule has 0 fully saturated rings. The first-order valence-corrected chi connectivity index (χ1v) is 5.52. The van der Waals surface area contributed by atoms with E-state index >= 15 is 0 Å². The summed E-state index contributed by atoms with van der Waals surface area (Å²) in [6, 6.07) is 4.66. The summed E-state index contributed by atoms with van der Waals surface area (Å²) in [5, 5.41) is 3.44. The van der Waals surface area contributed by atoms with Gasteiger partial charge in [0.05, 0.1) is 6.04 Å². The highest BCUT2D eigenvalue weighted by molar-refractivity contribution is 7.12. The number of aryl methyl sites for hydroxylation is 1. The van der Waals surface area contributed by atoms with Crippen LogP contribution in [0.2, 0.25) is 0 Å². The van der Waals surface area contributed by atoms with Gasteiger partial charge >= 0.3 is 0 Å². The predicted octanol–water partition coefficient (Wildman–Crippen LogP) is 3.28. The van der Waals surface area contributed by atoms with Crippen molar-refractivity contribution < 1.29 is 0 Å². The second kappa shape index (κ2) is 5.20. The third kappa shape index (κ3) is 2.98. The maximum absolute atomic E-state index is 3.84. The first-order chi connectivity index (χ1) is 6.27. The summed E-state index contributed by atoms with van der Waals surface area (Å²) in [7, 11) is 0. The van der Waals surface area contributed by atoms with Gasteiger partial charge < -0.3 is 5.32 Å². The first-order valence-electron chi connectivity index (χ1n) is 4.70. The van der Waals surface area contributed by atoms with Gasteiger partial charge in [0.1, 0.15) is 0 Å². The lowest BCUT2D eigenvalue weighted by Gasteiger charge is -2.11. The van der Waals surface area contributed by atoms with E-state index in [0.29, 0.717) is 6.04 Å². The molecule has 1 aromatic heterocycles. The number of rotatable bonds is 5. The van der Waals surface area contributed by atoms with Gasteiger partial charge in [-0.2, -0.15) is 0 Å². The minimum absolute atomic E-state index is 0.332. The molecule has 0 saturated heterocycles. The van der Waals surface area contributed by atoms with Gasteiger partial charge in [-0.3, -0.25) is 0 Å². The molecule has 0 aliphatic heterocycles. The zero-order valence-corrected chi connectivity index (χ0v) is 9.16. The zero-order chi connectivity index (χ0) is 9.68. The Kier molecular flexibility index (Phi) is 4.19. The van der Waals surface area contributed by atoms with Crippen molar-refractivity contribution >= 4 is 11.3 Å². The Morgan fingerprint density at radius 3 is 2.85 bits per heavy atom. The van der Waals surface area contributed by atoms with Gasteiger partial charge in [-0.05, 0) is 32.0 Å². The Balaban J connectivity index is 2.61. The van der Waals surface area contributed by atoms with Crippen molar-refractivity contribution in [1.82, 2.24) is 5.32 Å². The van der Waals surface area contributed by atoms with Crippen molar-refractivity contribution in [2.45, 2.75) is 26.3 Å². The molecule has 1 heterocycles. The third-order valence-corrected chi connectivity index (χ3v) is 3.00. The summed E-state index contributed by atoms with van der Waals surface area (Å²) in [6.45, 7) is 9.20. The van der Waals surface area contributed by atoms with E-state index in [1.165, 1.54) is 9.75 Å². The summed E-state index contributed by atoms with van der Waals surface area (Å²) in [4.78, 5) is 2.72. The van der Waals surface area contributed by atoms with Crippen LogP contribution >= 0.6 is 11.3 Å². The van der Waals surface area contributed by atoms with Crippen molar-refractivity contribution in [3.63, 3.8) is 0 Å². The fraction of sp³-hybridized carbons (Fsp3) is 0.455. The largest absolute Gasteiger partial charge is 0.306 e. The minimum Gasteiger partial charge on any atom is -0.306 e. The topological polar surface area (TPSA) is 12.0 Å². The van der Waals surface area contributed by atoms with Crippen LogP contribution in [0.3, 0.4) is 0 Å². The molecule has 1 unspecified atom stereocenters. The van der Waals surface area contributed by atoms with E-state index < -0.39 is 0 Å². The van der Waals surface area contributed by atoms with E-state index in [1.54, 1.807) is 0 Å². The molecular weight excluding hydrogens is 178 g/mol. The second-order valence-electron chi connectivity index (χ2n) is 3.12. The van der Waals surface area contributed by atoms with Crippen LogP contribution in [0, 0.1) is 6.92 Å². The van der Waals surface area contributed by atoms with Crippen molar-refractivity contribution in [2.24, 2.45) is 0 Å². The van der Waals surface area contributed by atoms with E-state index in [2.05, 4.69) is 37.9 Å². The Hall–Kier alpha value is -0.600. The van der Waals surface area contributed by atoms with Crippen LogP contribution in [0.25, 0.3) is 0 Å². The van der Waals surface area contributed by atoms with Gasteiger partial charge in [0.15, 0.2) is 0 Å². The molecule has 0 spiro atoms. The van der Waals surface area contributed by atoms with Gasteiger partial charge in [-0.25, -0.2) is 0 Å². The van der Waals surface area contributed by atoms with E-state index in [4.69, 9.17) is 0 Å². The van der Waals surface area contributed by atoms with Crippen molar-refractivity contribution in [1.29, 1.82) is 0 Å². The van der Waals surface area contributed by atoms with Crippen LogP contribution in [0.5, 0.6) is 0 Å². The number of thiophene rings is 1. The highest BCUT2D eigenvalue weighted by atomic mass is 32.1. The van der Waals surface area contributed by atoms with Crippen LogP contribution in [-0.2, 0) is 0 Å². The van der Waals surface area contributed by atoms with Crippen LogP contribution < -0.4 is 5.32 Å². The summed E-state index contributed by atoms with van der Waals surface area (Å²) in [6.07, 6.45) is 3.13. The average molecular weight is 195 g/mol. The van der Waals surface area contributed by atoms with Gasteiger partial charge in [-0.15, -0.1) is 17.9 Å². The molecule has 2 heteroatoms. The monoisotopic (exact) mass is 195 g/mol. The standard InChI is InChI=1S/C11H17NS/c1-4-8-12-10(5-2)11-7-6-9(3)13-11/h5-7,10,12H,2,4,8H2,1,3H3. The Morgan fingerprint density at radius 1 is 1.62 bits per heavy atom. The molecule has 1 nitrogen and oxygen atoms in total. The van der Waals surface area contributed by atoms with Gasteiger partial charge in [0.25, 0.3) is 0 Å². The average Bonchev–Trinajstić information content (AvgIpc) is 2.54. The van der Waals surface area contributed by atoms with Crippen LogP contribution in [-0.4, -0.2) is 6.54 Å². The van der Waals surface area contributed by atoms with Gasteiger partial charge in [0, 0.05) is 9.75 Å². The predicted molar refractivity (Wildman–Crippen MR) is 60.3 cm³/mol. The molecule has 0 aromatic carbocycles. The van der Waals surface area contributed by atoms with Crippen LogP contribution in [0.4, 0.5) is 0 Å². The number of nitrogens with one attached hydrogen (secondary N) is 1. The second-order valence-corrected chi connectivity index (χ2v) is 4.44. The summed E-state index contributed by atoms with van der Waals surface area (Å²) in [5.41, 5.74) is 0. The first kappa shape index (κ1) is 10.5. The summed E-state index contributed by atoms with van der Waals surface area (Å²) >= 11 is 1.84. The van der Waals surface area contributed by atoms with Crippen molar-refractivity contribution in [3.05, 3.63) is 34.5 Å². The normalized spacial score (nSPS) is 12.8. The fourth-order valence-corrected chi connectivity index (χ4v) is 2.17. The van der Waals surface area contributed by atoms with Gasteiger partial charge in [0.2, 0.25) is 0 Å². The maximum Gasteiger partial charge on any atom is 0.0598 e. The molecule has 0 bridgehead atoms. The zero-order valence-electron chi connectivity index (χ0n) is 8.34. The summed E-state index contributed by atoms with van der Waals surface area (Å²) < 4.78 is 0. The number of hydrogen-bond acceptors (Lipinski definition) is 2. The van der Waals surface area contributed by atoms with Gasteiger partial charge in [-0.1, -0.05) is 13.0 Å². The van der Waals surface area contributed by atoms with Crippen LogP contribution in [0.1, 0.15) is 29.1 Å². The van der Waals surface area contributed by atoms with Crippen molar-refractivity contribution in [3.8, 4) is 0 Å². The lowest BCUT2D eigenvalue weighted by molar-refractivity contribution is 0.621. The molecule has 1 atom stereocenters. The molecule has 0 saturated carbocycles. The molecule has 0 radical (unpaired) electrons. The molecule has 13 heavy (non-hydrogen) atoms. The molecule has 1 rings (SSSR count). The molecule has 1 N–H and O–H groups in total. The summed E-state index contributed by atoms with van der Waals surface area (Å²) in [5.74, 6) is 0.